The van der Waals surface area contributed by atoms with Gasteiger partial charge in [-0.15, -0.1) is 0 Å². The lowest BCUT2D eigenvalue weighted by atomic mass is 9.97. The molecule has 0 aromatic heterocycles. The Kier molecular flexibility index (Phi) is 4.67. The minimum Gasteiger partial charge on any atom is -0.379 e. The van der Waals surface area contributed by atoms with Gasteiger partial charge in [0.05, 0.1) is 0 Å². The molecule has 0 radical (unpaired) electrons. The average molecular weight is 286 g/mol. The number of benzene rings is 2. The molecule has 0 saturated heterocycles. The fourth-order valence-electron chi connectivity index (χ4n) is 2.10. The normalized spacial score (nSPS) is 15.1. The van der Waals surface area contributed by atoms with E-state index in [1.54, 1.807) is 30.3 Å². The molecule has 0 heterocycles. The Morgan fingerprint density at radius 3 is 2.19 bits per heavy atom. The van der Waals surface area contributed by atoms with E-state index in [1.807, 2.05) is 30.3 Å². The number of nitrogens with zero attached hydrogens (tertiary/aromatic N) is 1. The van der Waals surface area contributed by atoms with Crippen LogP contribution in [0.1, 0.15) is 24.2 Å². The van der Waals surface area contributed by atoms with Gasteiger partial charge in [-0.25, -0.2) is 5.32 Å². The predicted octanol–water partition coefficient (Wildman–Crippen LogP) is 2.50. The minimum absolute atomic E-state index is 0.308. The van der Waals surface area contributed by atoms with Gasteiger partial charge in [-0.3, -0.25) is 10.1 Å². The van der Waals surface area contributed by atoms with Gasteiger partial charge in [0.2, 0.25) is 0 Å². The van der Waals surface area contributed by atoms with Crippen molar-refractivity contribution < 1.29 is 10.0 Å². The van der Waals surface area contributed by atoms with E-state index in [0.29, 0.717) is 12.1 Å². The van der Waals surface area contributed by atoms with Crippen LogP contribution in [-0.2, 0) is 6.54 Å². The van der Waals surface area contributed by atoms with Gasteiger partial charge in [0.1, 0.15) is 0 Å². The van der Waals surface area contributed by atoms with E-state index < -0.39 is 16.7 Å². The zero-order valence-electron chi connectivity index (χ0n) is 11.8. The second-order valence-electron chi connectivity index (χ2n) is 5.06. The van der Waals surface area contributed by atoms with E-state index in [2.05, 4.69) is 5.32 Å². The molecule has 5 heteroatoms. The Hall–Kier alpha value is -2.24. The quantitative estimate of drug-likeness (QED) is 0.486. The molecule has 0 amide bonds. The molecule has 0 fully saturated rings. The van der Waals surface area contributed by atoms with Crippen molar-refractivity contribution in [3.05, 3.63) is 81.9 Å². The molecular formula is C16H18N2O3. The summed E-state index contributed by atoms with van der Waals surface area (Å²) in [6, 6.07) is 18.0. The zero-order chi connectivity index (χ0) is 15.3. The van der Waals surface area contributed by atoms with Gasteiger partial charge < -0.3 is 5.11 Å². The minimum atomic E-state index is -1.66. The van der Waals surface area contributed by atoms with E-state index >= 15 is 0 Å². The molecule has 110 valence electrons. The molecule has 21 heavy (non-hydrogen) atoms. The third-order valence-electron chi connectivity index (χ3n) is 3.52. The Balaban J connectivity index is 2.18. The highest BCUT2D eigenvalue weighted by atomic mass is 16.6. The summed E-state index contributed by atoms with van der Waals surface area (Å²) in [6.07, 6.45) is -1.24. The molecule has 5 nitrogen and oxygen atoms in total. The maximum atomic E-state index is 11.4. The average Bonchev–Trinajstić information content (AvgIpc) is 2.53. The molecule has 2 N–H and O–H groups in total. The number of hydrogen-bond acceptors (Lipinski definition) is 4. The van der Waals surface area contributed by atoms with Gasteiger partial charge in [0, 0.05) is 18.4 Å². The van der Waals surface area contributed by atoms with Crippen molar-refractivity contribution in [3.8, 4) is 0 Å². The maximum Gasteiger partial charge on any atom is 0.302 e. The number of aliphatic hydroxyl groups excluding tert-OH is 1. The van der Waals surface area contributed by atoms with Crippen LogP contribution in [0.4, 0.5) is 0 Å². The Morgan fingerprint density at radius 1 is 1.14 bits per heavy atom. The molecule has 0 aliphatic rings. The standard InChI is InChI=1S/C16H18N2O3/c1-16(18(20)21,15(19)14-10-6-3-7-11-14)17-12-13-8-4-2-5-9-13/h2-11,15,17,19H,12H2,1H3. The lowest BCUT2D eigenvalue weighted by Crippen LogP contribution is -2.53. The Labute approximate surface area is 123 Å². The smallest absolute Gasteiger partial charge is 0.302 e. The van der Waals surface area contributed by atoms with Crippen LogP contribution in [0.5, 0.6) is 0 Å². The first kappa shape index (κ1) is 15.2. The monoisotopic (exact) mass is 286 g/mol. The summed E-state index contributed by atoms with van der Waals surface area (Å²) in [5.74, 6) is 0. The van der Waals surface area contributed by atoms with Gasteiger partial charge >= 0.3 is 5.66 Å². The maximum absolute atomic E-state index is 11.4. The van der Waals surface area contributed by atoms with Crippen molar-refractivity contribution >= 4 is 0 Å². The first-order valence-corrected chi connectivity index (χ1v) is 6.70. The molecule has 0 bridgehead atoms. The molecule has 2 aromatic carbocycles. The van der Waals surface area contributed by atoms with E-state index in [9.17, 15) is 15.2 Å². The van der Waals surface area contributed by atoms with Gasteiger partial charge in [0.15, 0.2) is 6.10 Å². The van der Waals surface area contributed by atoms with Crippen molar-refractivity contribution in [2.75, 3.05) is 0 Å². The van der Waals surface area contributed by atoms with E-state index in [-0.39, 0.29) is 0 Å². The number of nitro groups is 1. The summed E-state index contributed by atoms with van der Waals surface area (Å²) < 4.78 is 0. The summed E-state index contributed by atoms with van der Waals surface area (Å²) in [5.41, 5.74) is -0.222. The van der Waals surface area contributed by atoms with Crippen LogP contribution < -0.4 is 5.32 Å². The molecule has 0 spiro atoms. The van der Waals surface area contributed by atoms with Gasteiger partial charge in [-0.05, 0) is 11.1 Å². The first-order valence-electron chi connectivity index (χ1n) is 6.70. The van der Waals surface area contributed by atoms with Crippen LogP contribution in [0.15, 0.2) is 60.7 Å². The molecule has 0 aliphatic heterocycles. The highest BCUT2D eigenvalue weighted by Crippen LogP contribution is 2.26. The number of aliphatic hydroxyl groups is 1. The van der Waals surface area contributed by atoms with Gasteiger partial charge in [0.25, 0.3) is 0 Å². The summed E-state index contributed by atoms with van der Waals surface area (Å²) in [4.78, 5) is 11.0. The van der Waals surface area contributed by atoms with E-state index in [1.165, 1.54) is 6.92 Å². The molecule has 2 atom stereocenters. The van der Waals surface area contributed by atoms with Crippen LogP contribution in [0.2, 0.25) is 0 Å². The van der Waals surface area contributed by atoms with Crippen LogP contribution in [0.25, 0.3) is 0 Å². The Bertz CT molecular complexity index is 589. The lowest BCUT2D eigenvalue weighted by molar-refractivity contribution is -0.588. The van der Waals surface area contributed by atoms with Crippen molar-refractivity contribution in [3.63, 3.8) is 0 Å². The van der Waals surface area contributed by atoms with Crippen LogP contribution in [0.3, 0.4) is 0 Å². The fraction of sp³-hybridized carbons (Fsp3) is 0.250. The van der Waals surface area contributed by atoms with E-state index in [0.717, 1.165) is 5.56 Å². The van der Waals surface area contributed by atoms with Crippen LogP contribution in [-0.4, -0.2) is 15.7 Å². The van der Waals surface area contributed by atoms with Crippen LogP contribution >= 0.6 is 0 Å². The van der Waals surface area contributed by atoms with Crippen molar-refractivity contribution in [1.82, 2.24) is 5.32 Å². The number of nitrogens with one attached hydrogen (secondary N) is 1. The number of hydrogen-bond donors (Lipinski definition) is 2. The molecule has 0 saturated carbocycles. The van der Waals surface area contributed by atoms with Crippen LogP contribution in [0, 0.1) is 10.1 Å². The first-order chi connectivity index (χ1) is 10.0. The van der Waals surface area contributed by atoms with Crippen molar-refractivity contribution in [2.45, 2.75) is 25.2 Å². The topological polar surface area (TPSA) is 75.4 Å². The number of rotatable bonds is 6. The zero-order valence-corrected chi connectivity index (χ0v) is 11.8. The second kappa shape index (κ2) is 6.47. The molecule has 2 unspecified atom stereocenters. The SMILES string of the molecule is CC(NCc1ccccc1)(C(O)c1ccccc1)[N+](=O)[O-]. The third-order valence-corrected chi connectivity index (χ3v) is 3.52. The fourth-order valence-corrected chi connectivity index (χ4v) is 2.10. The summed E-state index contributed by atoms with van der Waals surface area (Å²) >= 11 is 0. The summed E-state index contributed by atoms with van der Waals surface area (Å²) in [6.45, 7) is 1.70. The predicted molar refractivity (Wildman–Crippen MR) is 80.1 cm³/mol. The Morgan fingerprint density at radius 2 is 1.67 bits per heavy atom. The van der Waals surface area contributed by atoms with Gasteiger partial charge in [-0.2, -0.15) is 0 Å². The lowest BCUT2D eigenvalue weighted by Gasteiger charge is -2.27. The highest BCUT2D eigenvalue weighted by molar-refractivity contribution is 5.20. The van der Waals surface area contributed by atoms with Crippen molar-refractivity contribution in [2.24, 2.45) is 0 Å². The largest absolute Gasteiger partial charge is 0.379 e. The summed E-state index contributed by atoms with van der Waals surface area (Å²) in [7, 11) is 0. The highest BCUT2D eigenvalue weighted by Gasteiger charge is 2.45. The second-order valence-corrected chi connectivity index (χ2v) is 5.06. The van der Waals surface area contributed by atoms with E-state index in [4.69, 9.17) is 0 Å². The molecule has 0 aliphatic carbocycles. The summed E-state index contributed by atoms with van der Waals surface area (Å²) in [5, 5.41) is 24.7. The molecule has 2 aromatic rings. The molecular weight excluding hydrogens is 268 g/mol. The molecule has 2 rings (SSSR count). The van der Waals surface area contributed by atoms with Gasteiger partial charge in [-0.1, -0.05) is 60.7 Å². The third kappa shape index (κ3) is 3.45. The van der Waals surface area contributed by atoms with Crippen molar-refractivity contribution in [1.29, 1.82) is 0 Å².